The Morgan fingerprint density at radius 3 is 2.67 bits per heavy atom. The van der Waals surface area contributed by atoms with Crippen LogP contribution < -0.4 is 5.73 Å². The van der Waals surface area contributed by atoms with Crippen LogP contribution in [-0.4, -0.2) is 55.4 Å². The Hall–Kier alpha value is -0.650. The molecular weight excluding hydrogens is 196 g/mol. The summed E-state index contributed by atoms with van der Waals surface area (Å²) in [5.41, 5.74) is 5.43. The second kappa shape index (κ2) is 6.05. The van der Waals surface area contributed by atoms with Gasteiger partial charge in [-0.3, -0.25) is 9.69 Å². The summed E-state index contributed by atoms with van der Waals surface area (Å²) in [4.78, 5) is 12.7. The molecular formula is C10H20N2O3. The monoisotopic (exact) mass is 216 g/mol. The number of ether oxygens (including phenoxy) is 1. The van der Waals surface area contributed by atoms with Crippen molar-refractivity contribution in [1.82, 2.24) is 4.90 Å². The van der Waals surface area contributed by atoms with Crippen LogP contribution in [0.4, 0.5) is 0 Å². The molecule has 0 aliphatic carbocycles. The van der Waals surface area contributed by atoms with Crippen LogP contribution in [-0.2, 0) is 9.53 Å². The van der Waals surface area contributed by atoms with Gasteiger partial charge in [-0.1, -0.05) is 0 Å². The summed E-state index contributed by atoms with van der Waals surface area (Å²) in [6.45, 7) is 2.53. The fourth-order valence-electron chi connectivity index (χ4n) is 1.93. The summed E-state index contributed by atoms with van der Waals surface area (Å²) in [5, 5.41) is 8.93. The van der Waals surface area contributed by atoms with E-state index in [0.717, 1.165) is 32.6 Å². The molecule has 0 amide bonds. The van der Waals surface area contributed by atoms with Crippen LogP contribution in [0.3, 0.4) is 0 Å². The molecule has 1 unspecified atom stereocenters. The van der Waals surface area contributed by atoms with E-state index in [1.165, 1.54) is 0 Å². The molecule has 1 atom stereocenters. The summed E-state index contributed by atoms with van der Waals surface area (Å²) >= 11 is 0. The van der Waals surface area contributed by atoms with E-state index in [4.69, 9.17) is 15.6 Å². The van der Waals surface area contributed by atoms with Crippen molar-refractivity contribution < 1.29 is 14.6 Å². The second-order valence-electron chi connectivity index (χ2n) is 4.09. The van der Waals surface area contributed by atoms with Gasteiger partial charge in [0.2, 0.25) is 0 Å². The average molecular weight is 216 g/mol. The molecule has 1 heterocycles. The van der Waals surface area contributed by atoms with E-state index in [9.17, 15) is 4.79 Å². The molecule has 0 radical (unpaired) electrons. The van der Waals surface area contributed by atoms with E-state index < -0.39 is 12.0 Å². The minimum absolute atomic E-state index is 0.162. The van der Waals surface area contributed by atoms with Crippen molar-refractivity contribution in [3.63, 3.8) is 0 Å². The van der Waals surface area contributed by atoms with Crippen molar-refractivity contribution in [2.75, 3.05) is 33.4 Å². The standard InChI is InChI=1S/C10H20N2O3/c1-12(9(6-11)10(13)14)7-8-2-4-15-5-3-8/h8-9H,2-7,11H2,1H3,(H,13,14). The molecule has 3 N–H and O–H groups in total. The molecule has 0 aromatic rings. The van der Waals surface area contributed by atoms with Crippen molar-refractivity contribution in [3.05, 3.63) is 0 Å². The third kappa shape index (κ3) is 3.77. The minimum Gasteiger partial charge on any atom is -0.480 e. The summed E-state index contributed by atoms with van der Waals surface area (Å²) in [6, 6.07) is -0.562. The molecule has 0 aromatic heterocycles. The Labute approximate surface area is 90.2 Å². The third-order valence-electron chi connectivity index (χ3n) is 2.93. The number of nitrogens with zero attached hydrogens (tertiary/aromatic N) is 1. The number of rotatable bonds is 5. The number of carboxylic acids is 1. The highest BCUT2D eigenvalue weighted by Gasteiger charge is 2.24. The van der Waals surface area contributed by atoms with Crippen LogP contribution >= 0.6 is 0 Å². The lowest BCUT2D eigenvalue weighted by Crippen LogP contribution is -2.46. The van der Waals surface area contributed by atoms with Gasteiger partial charge in [0, 0.05) is 26.3 Å². The predicted molar refractivity (Wildman–Crippen MR) is 56.7 cm³/mol. The Kier molecular flexibility index (Phi) is 5.01. The lowest BCUT2D eigenvalue weighted by atomic mass is 9.99. The highest BCUT2D eigenvalue weighted by atomic mass is 16.5. The summed E-state index contributed by atoms with van der Waals surface area (Å²) < 4.78 is 5.26. The Bertz CT molecular complexity index is 205. The molecule has 0 spiro atoms. The molecule has 1 rings (SSSR count). The lowest BCUT2D eigenvalue weighted by Gasteiger charge is -2.30. The zero-order chi connectivity index (χ0) is 11.3. The maximum absolute atomic E-state index is 10.9. The second-order valence-corrected chi connectivity index (χ2v) is 4.09. The third-order valence-corrected chi connectivity index (χ3v) is 2.93. The fraction of sp³-hybridized carbons (Fsp3) is 0.900. The average Bonchev–Trinajstić information content (AvgIpc) is 2.19. The molecule has 0 saturated carbocycles. The first-order valence-corrected chi connectivity index (χ1v) is 5.36. The van der Waals surface area contributed by atoms with Gasteiger partial charge in [-0.2, -0.15) is 0 Å². The molecule has 0 aromatic carbocycles. The minimum atomic E-state index is -0.841. The maximum atomic E-state index is 10.9. The topological polar surface area (TPSA) is 75.8 Å². The normalized spacial score (nSPS) is 20.5. The molecule has 5 heteroatoms. The van der Waals surface area contributed by atoms with Crippen LogP contribution in [0.5, 0.6) is 0 Å². The van der Waals surface area contributed by atoms with Crippen molar-refractivity contribution in [2.24, 2.45) is 11.7 Å². The largest absolute Gasteiger partial charge is 0.480 e. The van der Waals surface area contributed by atoms with Gasteiger partial charge in [0.25, 0.3) is 0 Å². The summed E-state index contributed by atoms with van der Waals surface area (Å²) in [6.07, 6.45) is 2.03. The Balaban J connectivity index is 2.38. The first-order chi connectivity index (χ1) is 7.15. The van der Waals surface area contributed by atoms with Crippen LogP contribution in [0.15, 0.2) is 0 Å². The van der Waals surface area contributed by atoms with Gasteiger partial charge < -0.3 is 15.6 Å². The lowest BCUT2D eigenvalue weighted by molar-refractivity contribution is -0.142. The molecule has 5 nitrogen and oxygen atoms in total. The van der Waals surface area contributed by atoms with Crippen LogP contribution in [0.2, 0.25) is 0 Å². The van der Waals surface area contributed by atoms with Crippen molar-refractivity contribution >= 4 is 5.97 Å². The van der Waals surface area contributed by atoms with Gasteiger partial charge in [-0.05, 0) is 25.8 Å². The molecule has 1 saturated heterocycles. The van der Waals surface area contributed by atoms with E-state index in [-0.39, 0.29) is 6.54 Å². The van der Waals surface area contributed by atoms with E-state index in [2.05, 4.69) is 0 Å². The molecule has 1 fully saturated rings. The number of carboxylic acid groups (broad SMARTS) is 1. The van der Waals surface area contributed by atoms with E-state index in [1.54, 1.807) is 0 Å². The van der Waals surface area contributed by atoms with Gasteiger partial charge in [-0.15, -0.1) is 0 Å². The molecule has 0 bridgehead atoms. The van der Waals surface area contributed by atoms with E-state index >= 15 is 0 Å². The number of hydrogen-bond acceptors (Lipinski definition) is 4. The number of likely N-dealkylation sites (N-methyl/N-ethyl adjacent to an activating group) is 1. The van der Waals surface area contributed by atoms with Gasteiger partial charge in [-0.25, -0.2) is 0 Å². The quantitative estimate of drug-likeness (QED) is 0.663. The van der Waals surface area contributed by atoms with E-state index in [1.807, 2.05) is 11.9 Å². The fourth-order valence-corrected chi connectivity index (χ4v) is 1.93. The summed E-state index contributed by atoms with van der Waals surface area (Å²) in [7, 11) is 1.82. The molecule has 15 heavy (non-hydrogen) atoms. The Morgan fingerprint density at radius 1 is 1.60 bits per heavy atom. The highest BCUT2D eigenvalue weighted by molar-refractivity contribution is 5.73. The zero-order valence-electron chi connectivity index (χ0n) is 9.19. The van der Waals surface area contributed by atoms with Crippen LogP contribution in [0.1, 0.15) is 12.8 Å². The first kappa shape index (κ1) is 12.4. The number of aliphatic carboxylic acids is 1. The SMILES string of the molecule is CN(CC1CCOCC1)C(CN)C(=O)O. The van der Waals surface area contributed by atoms with Crippen molar-refractivity contribution in [3.8, 4) is 0 Å². The van der Waals surface area contributed by atoms with Crippen LogP contribution in [0.25, 0.3) is 0 Å². The Morgan fingerprint density at radius 2 is 2.20 bits per heavy atom. The van der Waals surface area contributed by atoms with Gasteiger partial charge in [0.05, 0.1) is 0 Å². The van der Waals surface area contributed by atoms with Gasteiger partial charge in [0.1, 0.15) is 6.04 Å². The highest BCUT2D eigenvalue weighted by Crippen LogP contribution is 2.16. The van der Waals surface area contributed by atoms with Crippen molar-refractivity contribution in [1.29, 1.82) is 0 Å². The van der Waals surface area contributed by atoms with Crippen LogP contribution in [0, 0.1) is 5.92 Å². The molecule has 1 aliphatic heterocycles. The first-order valence-electron chi connectivity index (χ1n) is 5.36. The van der Waals surface area contributed by atoms with Gasteiger partial charge in [0.15, 0.2) is 0 Å². The number of nitrogens with two attached hydrogens (primary N) is 1. The van der Waals surface area contributed by atoms with Crippen molar-refractivity contribution in [2.45, 2.75) is 18.9 Å². The number of carbonyl (C=O) groups is 1. The molecule has 88 valence electrons. The summed E-state index contributed by atoms with van der Waals surface area (Å²) in [5.74, 6) is -0.302. The van der Waals surface area contributed by atoms with E-state index in [0.29, 0.717) is 5.92 Å². The maximum Gasteiger partial charge on any atom is 0.322 e. The smallest absolute Gasteiger partial charge is 0.322 e. The molecule has 1 aliphatic rings. The van der Waals surface area contributed by atoms with Gasteiger partial charge >= 0.3 is 5.97 Å². The number of hydrogen-bond donors (Lipinski definition) is 2. The zero-order valence-corrected chi connectivity index (χ0v) is 9.19. The predicted octanol–water partition coefficient (Wildman–Crippen LogP) is -0.243.